The number of fused-ring (bicyclic) bond motifs is 2. The zero-order chi connectivity index (χ0) is 18.0. The standard InChI is InChI=1S/C21H28I2P2/c1-21(2,3)25(23)14-16-10-6-8-12-18(16)20(25)19-17-11-7-5-9-15(17)13-24(19,4)22/h5-12,19-20,24-25H,13-14H2,1-4H3/t19-,20-/m1/s1. The molecule has 0 bridgehead atoms. The molecule has 0 saturated heterocycles. The van der Waals surface area contributed by atoms with E-state index < -0.39 is 9.81 Å². The fraction of sp³-hybridized carbons (Fsp3) is 0.429. The maximum atomic E-state index is 2.99. The summed E-state index contributed by atoms with van der Waals surface area (Å²) in [5, 5.41) is 0.413. The van der Waals surface area contributed by atoms with E-state index in [9.17, 15) is 0 Å². The Morgan fingerprint density at radius 1 is 0.800 bits per heavy atom. The van der Waals surface area contributed by atoms with Gasteiger partial charge in [0.2, 0.25) is 0 Å². The summed E-state index contributed by atoms with van der Waals surface area (Å²) in [6.07, 6.45) is 2.69. The van der Waals surface area contributed by atoms with Gasteiger partial charge in [-0.15, -0.1) is 0 Å². The van der Waals surface area contributed by atoms with Gasteiger partial charge in [0.05, 0.1) is 0 Å². The Morgan fingerprint density at radius 3 is 1.84 bits per heavy atom. The van der Waals surface area contributed by atoms with Gasteiger partial charge in [-0.3, -0.25) is 0 Å². The van der Waals surface area contributed by atoms with Crippen molar-refractivity contribution < 1.29 is 0 Å². The van der Waals surface area contributed by atoms with E-state index in [1.807, 2.05) is 0 Å². The Labute approximate surface area is 179 Å². The summed E-state index contributed by atoms with van der Waals surface area (Å²) in [7, 11) is 0. The van der Waals surface area contributed by atoms with Gasteiger partial charge in [0.25, 0.3) is 0 Å². The second-order valence-electron chi connectivity index (χ2n) is 9.10. The van der Waals surface area contributed by atoms with Crippen molar-refractivity contribution in [2.75, 3.05) is 6.66 Å². The molecule has 2 aliphatic rings. The first-order valence-electron chi connectivity index (χ1n) is 9.18. The molecular formula is C21H28I2P2. The molecule has 0 amide bonds. The van der Waals surface area contributed by atoms with Crippen molar-refractivity contribution in [2.24, 2.45) is 0 Å². The van der Waals surface area contributed by atoms with Crippen LogP contribution in [0, 0.1) is 0 Å². The van der Waals surface area contributed by atoms with Crippen LogP contribution in [0.3, 0.4) is 0 Å². The van der Waals surface area contributed by atoms with Crippen molar-refractivity contribution in [1.29, 1.82) is 0 Å². The molecule has 0 spiro atoms. The van der Waals surface area contributed by atoms with Crippen molar-refractivity contribution >= 4 is 53.9 Å². The van der Waals surface area contributed by atoms with E-state index in [1.165, 1.54) is 12.3 Å². The molecular weight excluding hydrogens is 568 g/mol. The first-order chi connectivity index (χ1) is 11.7. The molecule has 2 aromatic rings. The molecule has 0 unspecified atom stereocenters. The summed E-state index contributed by atoms with van der Waals surface area (Å²) in [6.45, 7) is 10.2. The Kier molecular flexibility index (Phi) is 4.88. The molecule has 2 aliphatic heterocycles. The zero-order valence-corrected chi connectivity index (χ0v) is 21.8. The van der Waals surface area contributed by atoms with Crippen LogP contribution in [0.2, 0.25) is 0 Å². The second kappa shape index (κ2) is 6.39. The van der Waals surface area contributed by atoms with Crippen molar-refractivity contribution in [3.8, 4) is 0 Å². The predicted octanol–water partition coefficient (Wildman–Crippen LogP) is 8.12. The van der Waals surface area contributed by atoms with Crippen LogP contribution in [0.5, 0.6) is 0 Å². The second-order valence-corrected chi connectivity index (χ2v) is 30.0. The molecule has 0 radical (unpaired) electrons. The third-order valence-electron chi connectivity index (χ3n) is 6.49. The Morgan fingerprint density at radius 2 is 1.28 bits per heavy atom. The minimum atomic E-state index is -1.54. The van der Waals surface area contributed by atoms with E-state index >= 15 is 0 Å². The molecule has 0 N–H and O–H groups in total. The summed E-state index contributed by atoms with van der Waals surface area (Å²) in [5.74, 6) is 0. The molecule has 0 aromatic heterocycles. The van der Waals surface area contributed by atoms with Crippen LogP contribution >= 0.6 is 53.9 Å². The van der Waals surface area contributed by atoms with Crippen LogP contribution in [0.15, 0.2) is 48.5 Å². The molecule has 4 rings (SSSR count). The summed E-state index contributed by atoms with van der Waals surface area (Å²) < 4.78 is 0. The van der Waals surface area contributed by atoms with Crippen molar-refractivity contribution in [3.63, 3.8) is 0 Å². The number of hydrogen-bond donors (Lipinski definition) is 0. The molecule has 2 heterocycles. The number of rotatable bonds is 1. The number of halogens is 2. The molecule has 0 nitrogen and oxygen atoms in total. The summed E-state index contributed by atoms with van der Waals surface area (Å²) in [6, 6.07) is 18.8. The predicted molar refractivity (Wildman–Crippen MR) is 136 cm³/mol. The van der Waals surface area contributed by atoms with Crippen molar-refractivity contribution in [3.05, 3.63) is 70.8 Å². The average molecular weight is 596 g/mol. The first-order valence-corrected chi connectivity index (χ1v) is 20.5. The zero-order valence-electron chi connectivity index (χ0n) is 15.4. The van der Waals surface area contributed by atoms with Crippen molar-refractivity contribution in [2.45, 2.75) is 49.6 Å². The average Bonchev–Trinajstić information content (AvgIpc) is 2.96. The molecule has 25 heavy (non-hydrogen) atoms. The van der Waals surface area contributed by atoms with Crippen LogP contribution in [-0.2, 0) is 12.3 Å². The van der Waals surface area contributed by atoms with Gasteiger partial charge in [-0.2, -0.15) is 0 Å². The molecule has 0 aliphatic carbocycles. The third-order valence-corrected chi connectivity index (χ3v) is 26.0. The van der Waals surface area contributed by atoms with E-state index in [0.29, 0.717) is 5.16 Å². The summed E-state index contributed by atoms with van der Waals surface area (Å²) >= 11 is 5.91. The molecule has 0 saturated carbocycles. The van der Waals surface area contributed by atoms with Crippen molar-refractivity contribution in [1.82, 2.24) is 0 Å². The fourth-order valence-corrected chi connectivity index (χ4v) is 22.9. The normalized spacial score (nSPS) is 28.9. The maximum absolute atomic E-state index is 2.99. The van der Waals surface area contributed by atoms with Gasteiger partial charge in [0.15, 0.2) is 0 Å². The van der Waals surface area contributed by atoms with Gasteiger partial charge < -0.3 is 0 Å². The van der Waals surface area contributed by atoms with Gasteiger partial charge in [-0.1, -0.05) is 0 Å². The monoisotopic (exact) mass is 596 g/mol. The molecule has 136 valence electrons. The molecule has 4 heteroatoms. The van der Waals surface area contributed by atoms with Crippen LogP contribution < -0.4 is 0 Å². The van der Waals surface area contributed by atoms with Gasteiger partial charge in [0.1, 0.15) is 0 Å². The van der Waals surface area contributed by atoms with Gasteiger partial charge in [-0.25, -0.2) is 0 Å². The molecule has 0 fully saturated rings. The Balaban J connectivity index is 1.95. The van der Waals surface area contributed by atoms with E-state index in [1.54, 1.807) is 22.3 Å². The molecule has 2 aromatic carbocycles. The first kappa shape index (κ1) is 19.1. The van der Waals surface area contributed by atoms with Gasteiger partial charge >= 0.3 is 181 Å². The Hall–Kier alpha value is 0.760. The quantitative estimate of drug-likeness (QED) is 0.231. The summed E-state index contributed by atoms with van der Waals surface area (Å²) in [5.41, 5.74) is 8.20. The van der Waals surface area contributed by atoms with E-state index in [-0.39, 0.29) is 0 Å². The molecule has 2 atom stereocenters. The SMILES string of the molecule is CC(C)(C)[PH]1(I)Cc2ccccc2[C@@H]1[C@H]1c2ccccc2C[PH]1(C)I. The van der Waals surface area contributed by atoms with Gasteiger partial charge in [-0.05, 0) is 0 Å². The third kappa shape index (κ3) is 2.97. The summed E-state index contributed by atoms with van der Waals surface area (Å²) in [4.78, 5) is -2.92. The topological polar surface area (TPSA) is 0 Å². The Bertz CT molecular complexity index is 825. The van der Waals surface area contributed by atoms with E-state index in [4.69, 9.17) is 0 Å². The minimum absolute atomic E-state index is 0.413. The number of benzene rings is 2. The van der Waals surface area contributed by atoms with Crippen LogP contribution in [0.25, 0.3) is 0 Å². The number of hydrogen-bond acceptors (Lipinski definition) is 0. The fourth-order valence-electron chi connectivity index (χ4n) is 5.14. The van der Waals surface area contributed by atoms with E-state index in [0.717, 1.165) is 11.3 Å². The van der Waals surface area contributed by atoms with Crippen LogP contribution in [0.4, 0.5) is 0 Å². The van der Waals surface area contributed by atoms with Crippen LogP contribution in [0.1, 0.15) is 54.3 Å². The van der Waals surface area contributed by atoms with E-state index in [2.05, 4.69) is 120 Å². The van der Waals surface area contributed by atoms with Crippen LogP contribution in [-0.4, -0.2) is 11.8 Å². The van der Waals surface area contributed by atoms with Gasteiger partial charge in [0, 0.05) is 0 Å².